The third-order valence-electron chi connectivity index (χ3n) is 4.71. The van der Waals surface area contributed by atoms with Crippen molar-refractivity contribution in [2.45, 2.75) is 38.6 Å². The quantitative estimate of drug-likeness (QED) is 0.780. The molecule has 1 unspecified atom stereocenters. The van der Waals surface area contributed by atoms with Crippen LogP contribution in [0.4, 0.5) is 18.0 Å². The molecule has 1 aliphatic rings. The summed E-state index contributed by atoms with van der Waals surface area (Å²) in [5.41, 5.74) is 1.73. The molecule has 6 nitrogen and oxygen atoms in total. The fourth-order valence-electron chi connectivity index (χ4n) is 3.19. The summed E-state index contributed by atoms with van der Waals surface area (Å²) < 4.78 is 41.1. The normalized spacial score (nSPS) is 17.3. The first-order valence-corrected chi connectivity index (χ1v) is 8.42. The number of pyridine rings is 1. The largest absolute Gasteiger partial charge is 0.573 e. The molecule has 3 rings (SSSR count). The minimum absolute atomic E-state index is 0.310. The predicted octanol–water partition coefficient (Wildman–Crippen LogP) is 3.44. The second-order valence-electron chi connectivity index (χ2n) is 7.07. The van der Waals surface area contributed by atoms with E-state index in [0.717, 1.165) is 5.56 Å². The van der Waals surface area contributed by atoms with Gasteiger partial charge in [-0.2, -0.15) is 0 Å². The standard InChI is InChI=1S/C19H18F3N3O3/c1-10-8-12(28-19(20,21)22)4-5-13(10)14-9-11(6-7-23-14)18(2,3)15-16(26)25-17(27)24-15/h4-9,15H,1-3H3,(H2,24,25,26,27). The average molecular weight is 393 g/mol. The number of hydrogen-bond donors (Lipinski definition) is 2. The van der Waals surface area contributed by atoms with Crippen LogP contribution >= 0.6 is 0 Å². The lowest BCUT2D eigenvalue weighted by Crippen LogP contribution is -2.45. The summed E-state index contributed by atoms with van der Waals surface area (Å²) in [5.74, 6) is -0.728. The molecule has 0 spiro atoms. The monoisotopic (exact) mass is 393 g/mol. The van der Waals surface area contributed by atoms with Crippen LogP contribution in [-0.2, 0) is 10.2 Å². The van der Waals surface area contributed by atoms with Crippen LogP contribution in [0.1, 0.15) is 25.0 Å². The fraction of sp³-hybridized carbons (Fsp3) is 0.316. The summed E-state index contributed by atoms with van der Waals surface area (Å²) in [6.07, 6.45) is -3.21. The Labute approximate surface area is 159 Å². The SMILES string of the molecule is Cc1cc(OC(F)(F)F)ccc1-c1cc(C(C)(C)C2NC(=O)NC2=O)ccn1. The number of imide groups is 1. The van der Waals surface area contributed by atoms with Crippen molar-refractivity contribution in [3.63, 3.8) is 0 Å². The number of aryl methyl sites for hydroxylation is 1. The van der Waals surface area contributed by atoms with Crippen molar-refractivity contribution in [3.8, 4) is 17.0 Å². The molecule has 2 heterocycles. The first kappa shape index (κ1) is 19.7. The van der Waals surface area contributed by atoms with Gasteiger partial charge in [-0.15, -0.1) is 13.2 Å². The molecular formula is C19H18F3N3O3. The van der Waals surface area contributed by atoms with Crippen molar-refractivity contribution >= 4 is 11.9 Å². The van der Waals surface area contributed by atoms with Gasteiger partial charge in [-0.1, -0.05) is 13.8 Å². The number of carbonyl (C=O) groups excluding carboxylic acids is 2. The van der Waals surface area contributed by atoms with Gasteiger partial charge in [0.2, 0.25) is 0 Å². The predicted molar refractivity (Wildman–Crippen MR) is 94.6 cm³/mol. The third-order valence-corrected chi connectivity index (χ3v) is 4.71. The zero-order chi connectivity index (χ0) is 20.7. The van der Waals surface area contributed by atoms with E-state index < -0.39 is 29.8 Å². The summed E-state index contributed by atoms with van der Waals surface area (Å²) in [4.78, 5) is 27.8. The van der Waals surface area contributed by atoms with Crippen LogP contribution < -0.4 is 15.4 Å². The number of rotatable bonds is 4. The molecule has 1 fully saturated rings. The molecule has 1 atom stereocenters. The van der Waals surface area contributed by atoms with Gasteiger partial charge in [0.25, 0.3) is 5.91 Å². The molecule has 0 radical (unpaired) electrons. The van der Waals surface area contributed by atoms with Crippen molar-refractivity contribution in [1.29, 1.82) is 0 Å². The Morgan fingerprint density at radius 2 is 1.82 bits per heavy atom. The molecule has 1 aromatic carbocycles. The zero-order valence-electron chi connectivity index (χ0n) is 15.3. The maximum Gasteiger partial charge on any atom is 0.573 e. The molecule has 1 aromatic heterocycles. The van der Waals surface area contributed by atoms with Gasteiger partial charge in [-0.05, 0) is 48.4 Å². The van der Waals surface area contributed by atoms with E-state index in [1.165, 1.54) is 18.2 Å². The van der Waals surface area contributed by atoms with Crippen LogP contribution in [0.15, 0.2) is 36.5 Å². The Morgan fingerprint density at radius 3 is 2.39 bits per heavy atom. The highest BCUT2D eigenvalue weighted by Crippen LogP contribution is 2.33. The lowest BCUT2D eigenvalue weighted by Gasteiger charge is -2.30. The number of carbonyl (C=O) groups is 2. The molecule has 2 aromatic rings. The molecule has 0 saturated carbocycles. The van der Waals surface area contributed by atoms with Gasteiger partial charge in [0.1, 0.15) is 11.8 Å². The number of halogens is 3. The molecule has 3 amide bonds. The molecule has 1 saturated heterocycles. The molecular weight excluding hydrogens is 375 g/mol. The van der Waals surface area contributed by atoms with Crippen molar-refractivity contribution in [3.05, 3.63) is 47.7 Å². The second kappa shape index (κ2) is 6.81. The van der Waals surface area contributed by atoms with E-state index in [4.69, 9.17) is 0 Å². The van der Waals surface area contributed by atoms with Crippen LogP contribution in [0.2, 0.25) is 0 Å². The summed E-state index contributed by atoms with van der Waals surface area (Å²) in [6, 6.07) is 6.20. The number of nitrogens with zero attached hydrogens (tertiary/aromatic N) is 1. The van der Waals surface area contributed by atoms with E-state index in [-0.39, 0.29) is 5.75 Å². The Hall–Kier alpha value is -3.10. The number of alkyl halides is 3. The summed E-state index contributed by atoms with van der Waals surface area (Å²) in [7, 11) is 0. The number of hydrogen-bond acceptors (Lipinski definition) is 4. The number of urea groups is 1. The molecule has 148 valence electrons. The molecule has 0 aliphatic carbocycles. The average Bonchev–Trinajstić information content (AvgIpc) is 2.93. The highest BCUT2D eigenvalue weighted by atomic mass is 19.4. The number of amides is 3. The second-order valence-corrected chi connectivity index (χ2v) is 7.07. The highest BCUT2D eigenvalue weighted by molar-refractivity contribution is 6.05. The molecule has 28 heavy (non-hydrogen) atoms. The minimum Gasteiger partial charge on any atom is -0.406 e. The van der Waals surface area contributed by atoms with E-state index in [1.807, 2.05) is 13.8 Å². The van der Waals surface area contributed by atoms with Crippen molar-refractivity contribution in [2.75, 3.05) is 0 Å². The third kappa shape index (κ3) is 3.92. The maximum absolute atomic E-state index is 12.4. The smallest absolute Gasteiger partial charge is 0.406 e. The first-order valence-electron chi connectivity index (χ1n) is 8.42. The van der Waals surface area contributed by atoms with E-state index >= 15 is 0 Å². The zero-order valence-corrected chi connectivity index (χ0v) is 15.3. The van der Waals surface area contributed by atoms with Gasteiger partial charge < -0.3 is 10.1 Å². The van der Waals surface area contributed by atoms with Gasteiger partial charge in [0.15, 0.2) is 0 Å². The van der Waals surface area contributed by atoms with Crippen LogP contribution in [-0.4, -0.2) is 29.3 Å². The lowest BCUT2D eigenvalue weighted by atomic mass is 9.77. The maximum atomic E-state index is 12.4. The van der Waals surface area contributed by atoms with Crippen molar-refractivity contribution in [2.24, 2.45) is 0 Å². The van der Waals surface area contributed by atoms with Crippen LogP contribution in [0.25, 0.3) is 11.3 Å². The van der Waals surface area contributed by atoms with E-state index in [2.05, 4.69) is 20.4 Å². The summed E-state index contributed by atoms with van der Waals surface area (Å²) >= 11 is 0. The number of aromatic nitrogens is 1. The highest BCUT2D eigenvalue weighted by Gasteiger charge is 2.42. The Kier molecular flexibility index (Phi) is 4.78. The summed E-state index contributed by atoms with van der Waals surface area (Å²) in [5, 5.41) is 4.81. The molecule has 1 aliphatic heterocycles. The molecule has 0 bridgehead atoms. The van der Waals surface area contributed by atoms with Crippen molar-refractivity contribution in [1.82, 2.24) is 15.6 Å². The minimum atomic E-state index is -4.76. The Balaban J connectivity index is 1.93. The fourth-order valence-corrected chi connectivity index (χ4v) is 3.19. The number of benzene rings is 1. The van der Waals surface area contributed by atoms with E-state index in [9.17, 15) is 22.8 Å². The Morgan fingerprint density at radius 1 is 1.11 bits per heavy atom. The number of nitrogens with one attached hydrogen (secondary N) is 2. The number of ether oxygens (including phenoxy) is 1. The van der Waals surface area contributed by atoms with Gasteiger partial charge >= 0.3 is 12.4 Å². The van der Waals surface area contributed by atoms with Crippen LogP contribution in [0, 0.1) is 6.92 Å². The van der Waals surface area contributed by atoms with E-state index in [0.29, 0.717) is 16.8 Å². The van der Waals surface area contributed by atoms with Gasteiger partial charge in [0, 0.05) is 17.2 Å². The van der Waals surface area contributed by atoms with Crippen molar-refractivity contribution < 1.29 is 27.5 Å². The van der Waals surface area contributed by atoms with E-state index in [1.54, 1.807) is 25.3 Å². The summed E-state index contributed by atoms with van der Waals surface area (Å²) in [6.45, 7) is 5.28. The molecule has 9 heteroatoms. The van der Waals surface area contributed by atoms with Crippen LogP contribution in [0.5, 0.6) is 5.75 Å². The Bertz CT molecular complexity index is 942. The van der Waals surface area contributed by atoms with Crippen LogP contribution in [0.3, 0.4) is 0 Å². The first-order chi connectivity index (χ1) is 13.0. The molecule has 2 N–H and O–H groups in total. The van der Waals surface area contributed by atoms with Gasteiger partial charge in [-0.25, -0.2) is 4.79 Å². The van der Waals surface area contributed by atoms with Gasteiger partial charge in [-0.3, -0.25) is 15.1 Å². The lowest BCUT2D eigenvalue weighted by molar-refractivity contribution is -0.274. The van der Waals surface area contributed by atoms with Gasteiger partial charge in [0.05, 0.1) is 5.69 Å². The topological polar surface area (TPSA) is 80.3 Å².